The molecule has 2 aliphatic heterocycles. The summed E-state index contributed by atoms with van der Waals surface area (Å²) in [6, 6.07) is 26.6. The number of benzene rings is 3. The van der Waals surface area contributed by atoms with Crippen LogP contribution in [0.1, 0.15) is 34.3 Å². The van der Waals surface area contributed by atoms with E-state index >= 15 is 0 Å². The number of anilines is 2. The summed E-state index contributed by atoms with van der Waals surface area (Å²) < 4.78 is 5.49. The lowest BCUT2D eigenvalue weighted by Gasteiger charge is -2.28. The minimum Gasteiger partial charge on any atom is -0.478 e. The van der Waals surface area contributed by atoms with Crippen LogP contribution in [-0.4, -0.2) is 90.3 Å². The number of fused-ring (bicyclic) bond motifs is 2. The summed E-state index contributed by atoms with van der Waals surface area (Å²) in [5, 5.41) is 15.6. The van der Waals surface area contributed by atoms with Gasteiger partial charge in [0.05, 0.1) is 5.56 Å². The zero-order valence-electron chi connectivity index (χ0n) is 24.8. The van der Waals surface area contributed by atoms with E-state index in [4.69, 9.17) is 14.9 Å². The number of carbonyl (C=O) groups is 3. The number of hydrogen-bond acceptors (Lipinski definition) is 7. The molecule has 3 aromatic carbocycles. The van der Waals surface area contributed by atoms with Crippen LogP contribution in [0.4, 0.5) is 11.4 Å². The van der Waals surface area contributed by atoms with Gasteiger partial charge in [-0.3, -0.25) is 4.90 Å². The standard InChI is InChI=1S/C31H35N3O2.C4H4O4/c35-31(28-12-2-1-3-13-28)36-25-24-33-19-8-18-32(22-23-33)20-9-21-34-29-14-6-4-10-26(29)16-17-27-11-5-7-15-30(27)34;5-3(6)1-2-4(7)8/h1-7,10-17H,8-9,18-25H2;1-2H,(H,5,6)(H,7,8)/b;2-1+. The van der Waals surface area contributed by atoms with Gasteiger partial charge in [-0.25, -0.2) is 14.4 Å². The van der Waals surface area contributed by atoms with Crippen molar-refractivity contribution in [3.05, 3.63) is 108 Å². The smallest absolute Gasteiger partial charge is 0.338 e. The molecule has 0 radical (unpaired) electrons. The summed E-state index contributed by atoms with van der Waals surface area (Å²) in [6.07, 6.45) is 7.83. The second-order valence-electron chi connectivity index (χ2n) is 10.5. The first-order valence-corrected chi connectivity index (χ1v) is 14.8. The lowest BCUT2D eigenvalue weighted by Crippen LogP contribution is -2.34. The van der Waals surface area contributed by atoms with Crippen LogP contribution in [0.3, 0.4) is 0 Å². The van der Waals surface area contributed by atoms with E-state index in [9.17, 15) is 14.4 Å². The molecule has 0 spiro atoms. The van der Waals surface area contributed by atoms with E-state index in [0.29, 0.717) is 24.3 Å². The van der Waals surface area contributed by atoms with E-state index in [1.54, 1.807) is 12.1 Å². The quantitative estimate of drug-likeness (QED) is 0.238. The van der Waals surface area contributed by atoms with Gasteiger partial charge >= 0.3 is 17.9 Å². The summed E-state index contributed by atoms with van der Waals surface area (Å²) in [4.78, 5) is 38.8. The zero-order valence-corrected chi connectivity index (χ0v) is 24.8. The Morgan fingerprint density at radius 3 is 1.75 bits per heavy atom. The number of rotatable bonds is 10. The predicted octanol–water partition coefficient (Wildman–Crippen LogP) is 5.28. The van der Waals surface area contributed by atoms with Crippen LogP contribution in [-0.2, 0) is 14.3 Å². The van der Waals surface area contributed by atoms with Crippen molar-refractivity contribution in [3.8, 4) is 0 Å². The van der Waals surface area contributed by atoms with Gasteiger partial charge < -0.3 is 24.7 Å². The molecule has 44 heavy (non-hydrogen) atoms. The molecular weight excluding hydrogens is 558 g/mol. The molecule has 0 unspecified atom stereocenters. The summed E-state index contributed by atoms with van der Waals surface area (Å²) in [7, 11) is 0. The molecule has 9 nitrogen and oxygen atoms in total. The second-order valence-corrected chi connectivity index (χ2v) is 10.5. The topological polar surface area (TPSA) is 111 Å². The summed E-state index contributed by atoms with van der Waals surface area (Å²) in [5.41, 5.74) is 5.72. The van der Waals surface area contributed by atoms with Crippen LogP contribution in [0.2, 0.25) is 0 Å². The number of carbonyl (C=O) groups excluding carboxylic acids is 1. The van der Waals surface area contributed by atoms with Crippen molar-refractivity contribution in [3.63, 3.8) is 0 Å². The molecule has 2 N–H and O–H groups in total. The average molecular weight is 598 g/mol. The number of aliphatic carboxylic acids is 2. The Bertz CT molecular complexity index is 1390. The normalized spacial score (nSPS) is 14.9. The van der Waals surface area contributed by atoms with Crippen LogP contribution >= 0.6 is 0 Å². The molecule has 3 aromatic rings. The number of hydrogen-bond donors (Lipinski definition) is 2. The van der Waals surface area contributed by atoms with Crippen molar-refractivity contribution in [1.82, 2.24) is 9.80 Å². The van der Waals surface area contributed by atoms with Crippen LogP contribution in [0.5, 0.6) is 0 Å². The lowest BCUT2D eigenvalue weighted by atomic mass is 10.1. The number of esters is 1. The van der Waals surface area contributed by atoms with Crippen LogP contribution in [0.25, 0.3) is 12.2 Å². The number of carboxylic acid groups (broad SMARTS) is 2. The molecule has 2 heterocycles. The highest BCUT2D eigenvalue weighted by atomic mass is 16.5. The Hall–Kier alpha value is -4.73. The fraction of sp³-hybridized carbons (Fsp3) is 0.286. The first-order chi connectivity index (χ1) is 21.4. The number of nitrogens with zero attached hydrogens (tertiary/aromatic N) is 3. The van der Waals surface area contributed by atoms with Crippen molar-refractivity contribution in [2.75, 3.05) is 57.3 Å². The van der Waals surface area contributed by atoms with Gasteiger partial charge in [0, 0.05) is 49.7 Å². The maximum absolute atomic E-state index is 12.2. The molecule has 2 aliphatic rings. The van der Waals surface area contributed by atoms with Crippen LogP contribution < -0.4 is 4.90 Å². The Balaban J connectivity index is 0.000000488. The maximum Gasteiger partial charge on any atom is 0.338 e. The third kappa shape index (κ3) is 9.93. The zero-order chi connectivity index (χ0) is 31.1. The van der Waals surface area contributed by atoms with E-state index in [1.807, 2.05) is 18.2 Å². The van der Waals surface area contributed by atoms with Crippen LogP contribution in [0, 0.1) is 0 Å². The molecular formula is C35H39N3O6. The van der Waals surface area contributed by atoms with Crippen molar-refractivity contribution < 1.29 is 29.3 Å². The number of para-hydroxylation sites is 2. The van der Waals surface area contributed by atoms with E-state index in [1.165, 1.54) is 22.5 Å². The molecule has 9 heteroatoms. The Kier molecular flexibility index (Phi) is 12.3. The van der Waals surface area contributed by atoms with E-state index < -0.39 is 11.9 Å². The highest BCUT2D eigenvalue weighted by molar-refractivity contribution is 5.90. The second kappa shape index (κ2) is 16.8. The molecule has 0 saturated carbocycles. The van der Waals surface area contributed by atoms with Gasteiger partial charge in [-0.05, 0) is 67.9 Å². The van der Waals surface area contributed by atoms with E-state index in [0.717, 1.165) is 58.7 Å². The number of carboxylic acids is 2. The van der Waals surface area contributed by atoms with Gasteiger partial charge in [-0.15, -0.1) is 0 Å². The van der Waals surface area contributed by atoms with Gasteiger partial charge in [-0.1, -0.05) is 66.7 Å². The first-order valence-electron chi connectivity index (χ1n) is 14.8. The molecule has 5 rings (SSSR count). The highest BCUT2D eigenvalue weighted by Crippen LogP contribution is 2.36. The van der Waals surface area contributed by atoms with Crippen molar-refractivity contribution in [1.29, 1.82) is 0 Å². The summed E-state index contributed by atoms with van der Waals surface area (Å²) in [5.74, 6) is -2.75. The highest BCUT2D eigenvalue weighted by Gasteiger charge is 2.19. The molecule has 0 atom stereocenters. The van der Waals surface area contributed by atoms with E-state index in [-0.39, 0.29) is 5.97 Å². The third-order valence-electron chi connectivity index (χ3n) is 7.45. The summed E-state index contributed by atoms with van der Waals surface area (Å²) in [6.45, 7) is 7.56. The molecule has 1 saturated heterocycles. The van der Waals surface area contributed by atoms with Gasteiger partial charge in [-0.2, -0.15) is 0 Å². The molecule has 0 aromatic heterocycles. The monoisotopic (exact) mass is 597 g/mol. The lowest BCUT2D eigenvalue weighted by molar-refractivity contribution is -0.134. The minimum atomic E-state index is -1.26. The van der Waals surface area contributed by atoms with Gasteiger partial charge in [0.15, 0.2) is 0 Å². The molecule has 0 aliphatic carbocycles. The van der Waals surface area contributed by atoms with Crippen LogP contribution in [0.15, 0.2) is 91.0 Å². The maximum atomic E-state index is 12.2. The van der Waals surface area contributed by atoms with Crippen molar-refractivity contribution in [2.24, 2.45) is 0 Å². The fourth-order valence-electron chi connectivity index (χ4n) is 5.29. The fourth-order valence-corrected chi connectivity index (χ4v) is 5.29. The minimum absolute atomic E-state index is 0.237. The van der Waals surface area contributed by atoms with Gasteiger partial charge in [0.25, 0.3) is 0 Å². The Labute approximate surface area is 258 Å². The van der Waals surface area contributed by atoms with E-state index in [2.05, 4.69) is 75.4 Å². The number of ether oxygens (including phenoxy) is 1. The first kappa shape index (κ1) is 32.2. The van der Waals surface area contributed by atoms with Crippen molar-refractivity contribution in [2.45, 2.75) is 12.8 Å². The summed E-state index contributed by atoms with van der Waals surface area (Å²) >= 11 is 0. The molecule has 230 valence electrons. The Morgan fingerprint density at radius 1 is 0.659 bits per heavy atom. The van der Waals surface area contributed by atoms with Gasteiger partial charge in [0.2, 0.25) is 0 Å². The van der Waals surface area contributed by atoms with Gasteiger partial charge in [0.1, 0.15) is 6.61 Å². The largest absolute Gasteiger partial charge is 0.478 e. The SMILES string of the molecule is O=C(O)/C=C/C(=O)O.O=C(OCCN1CCCN(CCCN2c3ccccc3C=Cc3ccccc32)CC1)c1ccccc1. The molecule has 1 fully saturated rings. The van der Waals surface area contributed by atoms with Crippen molar-refractivity contribution >= 4 is 41.4 Å². The average Bonchev–Trinajstić information content (AvgIpc) is 3.36. The molecule has 0 amide bonds. The Morgan fingerprint density at radius 2 is 1.18 bits per heavy atom. The predicted molar refractivity (Wildman–Crippen MR) is 172 cm³/mol. The third-order valence-corrected chi connectivity index (χ3v) is 7.45. The molecule has 0 bridgehead atoms.